The summed E-state index contributed by atoms with van der Waals surface area (Å²) in [5.41, 5.74) is 0.926. The highest BCUT2D eigenvalue weighted by Crippen LogP contribution is 2.32. The summed E-state index contributed by atoms with van der Waals surface area (Å²) < 4.78 is 38.5. The lowest BCUT2D eigenvalue weighted by molar-refractivity contribution is -0.137. The molecule has 0 saturated heterocycles. The predicted molar refractivity (Wildman–Crippen MR) is 115 cm³/mol. The number of alkyl halides is 3. The monoisotopic (exact) mass is 413 g/mol. The number of hydrogen-bond acceptors (Lipinski definition) is 3. The van der Waals surface area contributed by atoms with Crippen molar-refractivity contribution in [3.63, 3.8) is 0 Å². The van der Waals surface area contributed by atoms with Crippen LogP contribution in [-0.4, -0.2) is 20.1 Å². The molecule has 164 valence electrons. The van der Waals surface area contributed by atoms with Gasteiger partial charge in [-0.15, -0.1) is 15.0 Å². The SMILES string of the molecule is CC.CC.CCC(C)(C)/C(C)=C/C(=C(\C)O)n1nc2ccc(C(F)(F)F)cc2n1. The van der Waals surface area contributed by atoms with Crippen LogP contribution in [0.5, 0.6) is 0 Å². The van der Waals surface area contributed by atoms with Crippen molar-refractivity contribution in [1.82, 2.24) is 15.0 Å². The number of halogens is 3. The van der Waals surface area contributed by atoms with Crippen molar-refractivity contribution in [2.45, 2.75) is 74.9 Å². The Morgan fingerprint density at radius 2 is 1.55 bits per heavy atom. The van der Waals surface area contributed by atoms with Crippen LogP contribution in [0.15, 0.2) is 35.6 Å². The Labute approximate surface area is 172 Å². The number of hydrogen-bond donors (Lipinski definition) is 1. The zero-order valence-electron chi connectivity index (χ0n) is 18.9. The highest BCUT2D eigenvalue weighted by molar-refractivity contribution is 5.76. The first-order valence-electron chi connectivity index (χ1n) is 9.99. The minimum atomic E-state index is -4.44. The van der Waals surface area contributed by atoms with E-state index in [1.54, 1.807) is 6.08 Å². The molecule has 0 bridgehead atoms. The van der Waals surface area contributed by atoms with E-state index in [2.05, 4.69) is 31.0 Å². The van der Waals surface area contributed by atoms with E-state index in [1.165, 1.54) is 17.8 Å². The third-order valence-corrected chi connectivity index (χ3v) is 4.60. The minimum absolute atomic E-state index is 0.0115. The molecule has 0 aliphatic carbocycles. The molecule has 0 unspecified atom stereocenters. The number of fused-ring (bicyclic) bond motifs is 1. The van der Waals surface area contributed by atoms with Crippen LogP contribution >= 0.6 is 0 Å². The van der Waals surface area contributed by atoms with Crippen molar-refractivity contribution in [3.05, 3.63) is 41.2 Å². The molecule has 2 rings (SSSR count). The molecule has 2 aromatic rings. The molecule has 0 atom stereocenters. The van der Waals surface area contributed by atoms with Crippen molar-refractivity contribution < 1.29 is 18.3 Å². The zero-order chi connectivity index (χ0) is 23.0. The zero-order valence-corrected chi connectivity index (χ0v) is 18.9. The van der Waals surface area contributed by atoms with E-state index >= 15 is 0 Å². The number of aliphatic hydroxyl groups excluding tert-OH is 1. The number of aromatic nitrogens is 3. The van der Waals surface area contributed by atoms with Crippen LogP contribution in [0.3, 0.4) is 0 Å². The summed E-state index contributed by atoms with van der Waals surface area (Å²) in [6, 6.07) is 3.20. The second kappa shape index (κ2) is 11.0. The van der Waals surface area contributed by atoms with E-state index in [0.717, 1.165) is 24.1 Å². The van der Waals surface area contributed by atoms with Crippen molar-refractivity contribution in [2.75, 3.05) is 0 Å². The van der Waals surface area contributed by atoms with Gasteiger partial charge in [0, 0.05) is 0 Å². The molecule has 1 aromatic carbocycles. The van der Waals surface area contributed by atoms with Crippen LogP contribution in [0, 0.1) is 5.41 Å². The summed E-state index contributed by atoms with van der Waals surface area (Å²) in [5.74, 6) is -0.0115. The minimum Gasteiger partial charge on any atom is -0.510 e. The summed E-state index contributed by atoms with van der Waals surface area (Å²) in [4.78, 5) is 1.18. The van der Waals surface area contributed by atoms with Crippen LogP contribution in [0.1, 0.15) is 74.3 Å². The lowest BCUT2D eigenvalue weighted by Gasteiger charge is -2.24. The molecule has 0 spiro atoms. The molecule has 7 heteroatoms. The number of rotatable bonds is 4. The predicted octanol–water partition coefficient (Wildman–Crippen LogP) is 7.63. The molecule has 1 N–H and O–H groups in total. The Kier molecular flexibility index (Phi) is 10.1. The number of allylic oxidation sites excluding steroid dienone is 4. The van der Waals surface area contributed by atoms with Gasteiger partial charge in [0.05, 0.1) is 5.56 Å². The molecule has 0 saturated carbocycles. The maximum Gasteiger partial charge on any atom is 0.416 e. The molecule has 29 heavy (non-hydrogen) atoms. The van der Waals surface area contributed by atoms with Crippen LogP contribution in [0.2, 0.25) is 0 Å². The lowest BCUT2D eigenvalue weighted by Crippen LogP contribution is -2.12. The molecule has 0 radical (unpaired) electrons. The summed E-state index contributed by atoms with van der Waals surface area (Å²) in [6.07, 6.45) is -1.77. The molecule has 4 nitrogen and oxygen atoms in total. The standard InChI is InChI=1S/C18H22F3N3O.2C2H6/c1-6-17(4,5)11(2)9-16(12(3)25)24-22-14-8-7-13(18(19,20)21)10-15(14)23-24;2*1-2/h7-10,25H,6H2,1-5H3;2*1-2H3/b11-9+,16-12-;;. The van der Waals surface area contributed by atoms with Crippen molar-refractivity contribution in [3.8, 4) is 0 Å². The topological polar surface area (TPSA) is 50.9 Å². The van der Waals surface area contributed by atoms with Gasteiger partial charge in [-0.25, -0.2) is 0 Å². The maximum absolute atomic E-state index is 12.8. The van der Waals surface area contributed by atoms with Crippen molar-refractivity contribution in [2.24, 2.45) is 5.41 Å². The molecule has 1 aromatic heterocycles. The molecular formula is C22H34F3N3O. The van der Waals surface area contributed by atoms with Crippen LogP contribution in [0.25, 0.3) is 16.7 Å². The van der Waals surface area contributed by atoms with Gasteiger partial charge in [-0.2, -0.15) is 13.2 Å². The maximum atomic E-state index is 12.8. The van der Waals surface area contributed by atoms with Gasteiger partial charge in [0.25, 0.3) is 0 Å². The van der Waals surface area contributed by atoms with E-state index in [0.29, 0.717) is 11.2 Å². The molecule has 0 fully saturated rings. The Balaban J connectivity index is 0.00000184. The van der Waals surface area contributed by atoms with Crippen LogP contribution in [0.4, 0.5) is 13.2 Å². The molecule has 0 aliphatic heterocycles. The van der Waals surface area contributed by atoms with E-state index in [1.807, 2.05) is 34.6 Å². The second-order valence-corrected chi connectivity index (χ2v) is 6.73. The molecule has 0 amide bonds. The fourth-order valence-electron chi connectivity index (χ4n) is 2.18. The van der Waals surface area contributed by atoms with E-state index < -0.39 is 11.7 Å². The third kappa shape index (κ3) is 6.91. The Hall–Kier alpha value is -2.31. The fourth-order valence-corrected chi connectivity index (χ4v) is 2.18. The first kappa shape index (κ1) is 26.7. The quantitative estimate of drug-likeness (QED) is 0.414. The van der Waals surface area contributed by atoms with Gasteiger partial charge in [0.15, 0.2) is 0 Å². The first-order chi connectivity index (χ1) is 13.5. The van der Waals surface area contributed by atoms with Gasteiger partial charge < -0.3 is 5.11 Å². The summed E-state index contributed by atoms with van der Waals surface area (Å²) in [5, 5.41) is 18.3. The second-order valence-electron chi connectivity index (χ2n) is 6.73. The van der Waals surface area contributed by atoms with Crippen LogP contribution in [-0.2, 0) is 6.18 Å². The highest BCUT2D eigenvalue weighted by atomic mass is 19.4. The highest BCUT2D eigenvalue weighted by Gasteiger charge is 2.31. The first-order valence-corrected chi connectivity index (χ1v) is 9.99. The van der Waals surface area contributed by atoms with Gasteiger partial charge >= 0.3 is 6.18 Å². The Bertz CT molecular complexity index is 843. The number of nitrogens with zero attached hydrogens (tertiary/aromatic N) is 3. The lowest BCUT2D eigenvalue weighted by atomic mass is 9.82. The van der Waals surface area contributed by atoms with E-state index in [4.69, 9.17) is 0 Å². The van der Waals surface area contributed by atoms with Gasteiger partial charge in [0.2, 0.25) is 0 Å². The third-order valence-electron chi connectivity index (χ3n) is 4.60. The van der Waals surface area contributed by atoms with Crippen molar-refractivity contribution >= 4 is 16.7 Å². The number of aliphatic hydroxyl groups is 1. The van der Waals surface area contributed by atoms with Gasteiger partial charge in [0.1, 0.15) is 22.5 Å². The average molecular weight is 414 g/mol. The normalized spacial score (nSPS) is 13.2. The molecule has 0 aliphatic rings. The van der Waals surface area contributed by atoms with Gasteiger partial charge in [-0.1, -0.05) is 54.0 Å². The van der Waals surface area contributed by atoms with E-state index in [-0.39, 0.29) is 16.7 Å². The summed E-state index contributed by atoms with van der Waals surface area (Å²) in [6.45, 7) is 17.6. The average Bonchev–Trinajstić information content (AvgIpc) is 3.10. The van der Waals surface area contributed by atoms with Crippen molar-refractivity contribution in [1.29, 1.82) is 0 Å². The Morgan fingerprint density at radius 3 is 2.00 bits per heavy atom. The fraction of sp³-hybridized carbons (Fsp3) is 0.545. The molecular weight excluding hydrogens is 379 g/mol. The number of benzene rings is 1. The Morgan fingerprint density at radius 1 is 1.03 bits per heavy atom. The largest absolute Gasteiger partial charge is 0.510 e. The summed E-state index contributed by atoms with van der Waals surface area (Å²) >= 11 is 0. The van der Waals surface area contributed by atoms with Gasteiger partial charge in [-0.3, -0.25) is 0 Å². The smallest absolute Gasteiger partial charge is 0.416 e. The summed E-state index contributed by atoms with van der Waals surface area (Å²) in [7, 11) is 0. The molecule has 1 heterocycles. The van der Waals surface area contributed by atoms with Gasteiger partial charge in [-0.05, 0) is 50.0 Å². The van der Waals surface area contributed by atoms with Crippen LogP contribution < -0.4 is 0 Å². The van der Waals surface area contributed by atoms with E-state index in [9.17, 15) is 18.3 Å².